The van der Waals surface area contributed by atoms with Gasteiger partial charge < -0.3 is 10.2 Å². The second kappa shape index (κ2) is 9.07. The molecule has 1 amide bonds. The van der Waals surface area contributed by atoms with E-state index in [4.69, 9.17) is 4.98 Å². The molecule has 1 atom stereocenters. The molecule has 31 heavy (non-hydrogen) atoms. The van der Waals surface area contributed by atoms with Crippen LogP contribution in [0.25, 0.3) is 22.4 Å². The standard InChI is InChI=1S/C24H21N3O3S/c1-2-17(28)21-19(23(30)27-24-25-13-14-31-24)22(29)18(15-9-5-3-6-10-15)20(26-21)16-11-7-4-8-12-16/h3-14,17,28H,2H2,1H3,(H,26,29)(H,25,27,30). The first kappa shape index (κ1) is 20.7. The molecule has 0 fully saturated rings. The van der Waals surface area contributed by atoms with Gasteiger partial charge in [0.15, 0.2) is 5.13 Å². The molecule has 156 valence electrons. The van der Waals surface area contributed by atoms with Gasteiger partial charge in [0.25, 0.3) is 5.91 Å². The summed E-state index contributed by atoms with van der Waals surface area (Å²) in [6.07, 6.45) is 0.895. The molecule has 4 rings (SSSR count). The number of nitrogens with one attached hydrogen (secondary N) is 1. The monoisotopic (exact) mass is 431 g/mol. The molecule has 2 aromatic carbocycles. The Kier molecular flexibility index (Phi) is 6.06. The number of pyridine rings is 1. The summed E-state index contributed by atoms with van der Waals surface area (Å²) in [6, 6.07) is 18.7. The van der Waals surface area contributed by atoms with Gasteiger partial charge in [0.1, 0.15) is 11.3 Å². The molecule has 3 N–H and O–H groups in total. The molecule has 6 nitrogen and oxygen atoms in total. The van der Waals surface area contributed by atoms with Crippen molar-refractivity contribution in [1.82, 2.24) is 9.97 Å². The first-order valence-electron chi connectivity index (χ1n) is 9.86. The molecule has 4 aromatic rings. The smallest absolute Gasteiger partial charge is 0.263 e. The second-order valence-electron chi connectivity index (χ2n) is 6.89. The molecule has 2 heterocycles. The minimum atomic E-state index is -1.02. The topological polar surface area (TPSA) is 95.3 Å². The van der Waals surface area contributed by atoms with E-state index in [-0.39, 0.29) is 17.0 Å². The predicted molar refractivity (Wildman–Crippen MR) is 122 cm³/mol. The molecule has 0 aliphatic carbocycles. The number of hydrogen-bond donors (Lipinski definition) is 3. The van der Waals surface area contributed by atoms with Gasteiger partial charge in [-0.3, -0.25) is 10.1 Å². The zero-order chi connectivity index (χ0) is 21.8. The van der Waals surface area contributed by atoms with Crippen molar-refractivity contribution in [2.45, 2.75) is 19.4 Å². The Balaban J connectivity index is 1.99. The van der Waals surface area contributed by atoms with Crippen molar-refractivity contribution < 1.29 is 15.0 Å². The van der Waals surface area contributed by atoms with Crippen LogP contribution in [0, 0.1) is 0 Å². The first-order valence-corrected chi connectivity index (χ1v) is 10.7. The van der Waals surface area contributed by atoms with E-state index >= 15 is 0 Å². The van der Waals surface area contributed by atoms with Crippen molar-refractivity contribution >= 4 is 22.4 Å². The van der Waals surface area contributed by atoms with Gasteiger partial charge in [0.2, 0.25) is 0 Å². The van der Waals surface area contributed by atoms with Gasteiger partial charge in [-0.1, -0.05) is 67.6 Å². The summed E-state index contributed by atoms with van der Waals surface area (Å²) in [7, 11) is 0. The predicted octanol–water partition coefficient (Wildman–Crippen LogP) is 5.27. The van der Waals surface area contributed by atoms with Crippen molar-refractivity contribution in [3.63, 3.8) is 0 Å². The number of aromatic hydroxyl groups is 1. The third kappa shape index (κ3) is 4.19. The van der Waals surface area contributed by atoms with Gasteiger partial charge in [-0.15, -0.1) is 11.3 Å². The molecule has 0 radical (unpaired) electrons. The number of aliphatic hydroxyl groups is 1. The quantitative estimate of drug-likeness (QED) is 0.386. The lowest BCUT2D eigenvalue weighted by molar-refractivity contribution is 0.101. The Morgan fingerprint density at radius 2 is 1.71 bits per heavy atom. The van der Waals surface area contributed by atoms with Crippen LogP contribution in [-0.2, 0) is 0 Å². The molecular weight excluding hydrogens is 410 g/mol. The van der Waals surface area contributed by atoms with Crippen LogP contribution < -0.4 is 5.32 Å². The molecule has 7 heteroatoms. The van der Waals surface area contributed by atoms with E-state index < -0.39 is 12.0 Å². The molecule has 0 saturated carbocycles. The summed E-state index contributed by atoms with van der Waals surface area (Å²) in [5.41, 5.74) is 2.50. The van der Waals surface area contributed by atoms with Gasteiger partial charge in [0.05, 0.1) is 23.1 Å². The van der Waals surface area contributed by atoms with Crippen molar-refractivity contribution in [2.24, 2.45) is 0 Å². The fourth-order valence-corrected chi connectivity index (χ4v) is 3.90. The molecule has 0 saturated heterocycles. The van der Waals surface area contributed by atoms with Gasteiger partial charge >= 0.3 is 0 Å². The first-order chi connectivity index (χ1) is 15.1. The van der Waals surface area contributed by atoms with E-state index in [0.717, 1.165) is 5.56 Å². The Hall–Kier alpha value is -3.55. The Morgan fingerprint density at radius 3 is 2.29 bits per heavy atom. The number of nitrogens with zero attached hydrogens (tertiary/aromatic N) is 2. The van der Waals surface area contributed by atoms with E-state index in [2.05, 4.69) is 10.3 Å². The van der Waals surface area contributed by atoms with Gasteiger partial charge in [0, 0.05) is 17.1 Å². The van der Waals surface area contributed by atoms with Crippen molar-refractivity contribution in [3.05, 3.63) is 83.5 Å². The normalized spacial score (nSPS) is 11.8. The number of aliphatic hydroxyl groups excluding tert-OH is 1. The molecule has 0 aliphatic rings. The maximum Gasteiger partial charge on any atom is 0.263 e. The number of rotatable bonds is 6. The minimum Gasteiger partial charge on any atom is -0.506 e. The number of aromatic nitrogens is 2. The Labute approximate surface area is 183 Å². The van der Waals surface area contributed by atoms with E-state index in [1.807, 2.05) is 60.7 Å². The summed E-state index contributed by atoms with van der Waals surface area (Å²) in [5, 5.41) is 26.9. The van der Waals surface area contributed by atoms with E-state index in [0.29, 0.717) is 28.4 Å². The van der Waals surface area contributed by atoms with Gasteiger partial charge in [-0.25, -0.2) is 9.97 Å². The third-order valence-corrected chi connectivity index (χ3v) is 5.58. The molecule has 0 bridgehead atoms. The van der Waals surface area contributed by atoms with Crippen LogP contribution in [0.4, 0.5) is 5.13 Å². The van der Waals surface area contributed by atoms with Crippen LogP contribution in [0.5, 0.6) is 5.75 Å². The van der Waals surface area contributed by atoms with Gasteiger partial charge in [-0.05, 0) is 12.0 Å². The van der Waals surface area contributed by atoms with Crippen LogP contribution in [0.15, 0.2) is 72.2 Å². The summed E-state index contributed by atoms with van der Waals surface area (Å²) in [5.74, 6) is -0.796. The maximum atomic E-state index is 13.1. The number of thiazole rings is 1. The van der Waals surface area contributed by atoms with E-state index in [1.54, 1.807) is 18.5 Å². The Bertz CT molecular complexity index is 1180. The average molecular weight is 432 g/mol. The fourth-order valence-electron chi connectivity index (χ4n) is 3.38. The summed E-state index contributed by atoms with van der Waals surface area (Å²) < 4.78 is 0. The van der Waals surface area contributed by atoms with Crippen LogP contribution in [0.1, 0.15) is 35.5 Å². The molecule has 0 aliphatic heterocycles. The van der Waals surface area contributed by atoms with Crippen molar-refractivity contribution in [2.75, 3.05) is 5.32 Å². The Morgan fingerprint density at radius 1 is 1.06 bits per heavy atom. The summed E-state index contributed by atoms with van der Waals surface area (Å²) in [6.45, 7) is 1.79. The number of anilines is 1. The van der Waals surface area contributed by atoms with Crippen LogP contribution in [-0.4, -0.2) is 26.1 Å². The highest BCUT2D eigenvalue weighted by Crippen LogP contribution is 2.42. The average Bonchev–Trinajstić information content (AvgIpc) is 3.32. The number of carbonyl (C=O) groups is 1. The summed E-state index contributed by atoms with van der Waals surface area (Å²) >= 11 is 1.26. The molecular formula is C24H21N3O3S. The maximum absolute atomic E-state index is 13.1. The zero-order valence-corrected chi connectivity index (χ0v) is 17.6. The van der Waals surface area contributed by atoms with Crippen molar-refractivity contribution in [1.29, 1.82) is 0 Å². The highest BCUT2D eigenvalue weighted by molar-refractivity contribution is 7.13. The number of benzene rings is 2. The number of hydrogen-bond acceptors (Lipinski definition) is 6. The highest BCUT2D eigenvalue weighted by Gasteiger charge is 2.29. The SMILES string of the molecule is CCC(O)c1nc(-c2ccccc2)c(-c2ccccc2)c(O)c1C(=O)Nc1nccs1. The third-order valence-electron chi connectivity index (χ3n) is 4.89. The lowest BCUT2D eigenvalue weighted by Gasteiger charge is -2.20. The number of amides is 1. The highest BCUT2D eigenvalue weighted by atomic mass is 32.1. The fraction of sp³-hybridized carbons (Fsp3) is 0.125. The van der Waals surface area contributed by atoms with Crippen LogP contribution in [0.2, 0.25) is 0 Å². The molecule has 2 aromatic heterocycles. The van der Waals surface area contributed by atoms with Crippen LogP contribution >= 0.6 is 11.3 Å². The van der Waals surface area contributed by atoms with E-state index in [9.17, 15) is 15.0 Å². The minimum absolute atomic E-state index is 0.0527. The number of carbonyl (C=O) groups excluding carboxylic acids is 1. The van der Waals surface area contributed by atoms with Gasteiger partial charge in [-0.2, -0.15) is 0 Å². The largest absolute Gasteiger partial charge is 0.506 e. The zero-order valence-electron chi connectivity index (χ0n) is 16.8. The van der Waals surface area contributed by atoms with Crippen molar-refractivity contribution in [3.8, 4) is 28.1 Å². The second-order valence-corrected chi connectivity index (χ2v) is 7.79. The lowest BCUT2D eigenvalue weighted by atomic mass is 9.93. The molecule has 1 unspecified atom stereocenters. The van der Waals surface area contributed by atoms with E-state index in [1.165, 1.54) is 11.3 Å². The summed E-state index contributed by atoms with van der Waals surface area (Å²) in [4.78, 5) is 21.9. The lowest BCUT2D eigenvalue weighted by Crippen LogP contribution is -2.18. The van der Waals surface area contributed by atoms with Crippen LogP contribution in [0.3, 0.4) is 0 Å². The molecule has 0 spiro atoms.